The van der Waals surface area contributed by atoms with Crippen molar-refractivity contribution in [2.24, 2.45) is 0 Å². The second-order valence-corrected chi connectivity index (χ2v) is 4.81. The van der Waals surface area contributed by atoms with E-state index in [0.29, 0.717) is 5.88 Å². The Morgan fingerprint density at radius 3 is 2.40 bits per heavy atom. The number of benzene rings is 1. The molecule has 0 aliphatic heterocycles. The summed E-state index contributed by atoms with van der Waals surface area (Å²) in [6.07, 6.45) is 2.92. The van der Waals surface area contributed by atoms with Crippen molar-refractivity contribution in [3.8, 4) is 11.6 Å². The zero-order valence-electron chi connectivity index (χ0n) is 12.1. The van der Waals surface area contributed by atoms with Gasteiger partial charge in [0.2, 0.25) is 5.88 Å². The summed E-state index contributed by atoms with van der Waals surface area (Å²) in [5.74, 6) is 1.32. The third-order valence-corrected chi connectivity index (χ3v) is 3.16. The zero-order valence-corrected chi connectivity index (χ0v) is 12.1. The van der Waals surface area contributed by atoms with Gasteiger partial charge in [-0.3, -0.25) is 0 Å². The van der Waals surface area contributed by atoms with Gasteiger partial charge < -0.3 is 9.84 Å². The molecule has 0 aliphatic rings. The van der Waals surface area contributed by atoms with Gasteiger partial charge in [0.15, 0.2) is 0 Å². The number of hydrogen-bond donors (Lipinski definition) is 1. The minimum Gasteiger partial charge on any atom is -0.439 e. The Balaban J connectivity index is 2.20. The predicted octanol–water partition coefficient (Wildman–Crippen LogP) is 3.88. The van der Waals surface area contributed by atoms with Crippen LogP contribution in [0.5, 0.6) is 11.6 Å². The molecule has 2 rings (SSSR count). The molecule has 0 saturated heterocycles. The molecule has 0 radical (unpaired) electrons. The molecule has 0 fully saturated rings. The number of aromatic nitrogens is 1. The lowest BCUT2D eigenvalue weighted by Gasteiger charge is -2.09. The molecular formula is C17H21NO2. The molecule has 0 amide bonds. The fourth-order valence-corrected chi connectivity index (χ4v) is 2.06. The van der Waals surface area contributed by atoms with Crippen LogP contribution < -0.4 is 4.74 Å². The van der Waals surface area contributed by atoms with Gasteiger partial charge in [-0.05, 0) is 42.2 Å². The molecule has 0 bridgehead atoms. The van der Waals surface area contributed by atoms with Gasteiger partial charge in [0.05, 0.1) is 6.61 Å². The van der Waals surface area contributed by atoms with Crippen molar-refractivity contribution < 1.29 is 9.84 Å². The number of aliphatic hydroxyl groups excluding tert-OH is 1. The van der Waals surface area contributed by atoms with Gasteiger partial charge >= 0.3 is 0 Å². The van der Waals surface area contributed by atoms with Crippen molar-refractivity contribution in [1.29, 1.82) is 0 Å². The molecular weight excluding hydrogens is 250 g/mol. The summed E-state index contributed by atoms with van der Waals surface area (Å²) in [7, 11) is 0. The molecule has 0 saturated carbocycles. The number of rotatable bonds is 6. The zero-order chi connectivity index (χ0) is 14.4. The first-order valence-electron chi connectivity index (χ1n) is 7.12. The smallest absolute Gasteiger partial charge is 0.219 e. The van der Waals surface area contributed by atoms with Crippen molar-refractivity contribution in [2.45, 2.75) is 39.7 Å². The van der Waals surface area contributed by atoms with Crippen molar-refractivity contribution in [1.82, 2.24) is 4.98 Å². The van der Waals surface area contributed by atoms with E-state index in [1.165, 1.54) is 5.56 Å². The highest BCUT2D eigenvalue weighted by Gasteiger charge is 2.04. The summed E-state index contributed by atoms with van der Waals surface area (Å²) in [5, 5.41) is 9.31. The van der Waals surface area contributed by atoms with Crippen LogP contribution in [0.1, 0.15) is 37.1 Å². The van der Waals surface area contributed by atoms with Gasteiger partial charge in [-0.25, -0.2) is 4.98 Å². The molecule has 3 heteroatoms. The Hall–Kier alpha value is -1.87. The molecule has 0 aliphatic carbocycles. The summed E-state index contributed by atoms with van der Waals surface area (Å²) in [4.78, 5) is 4.48. The fourth-order valence-electron chi connectivity index (χ4n) is 2.06. The Kier molecular flexibility index (Phi) is 5.13. The van der Waals surface area contributed by atoms with Crippen LogP contribution in [0, 0.1) is 0 Å². The monoisotopic (exact) mass is 271 g/mol. The first-order chi connectivity index (χ1) is 9.75. The molecule has 0 unspecified atom stereocenters. The number of ether oxygens (including phenoxy) is 1. The molecule has 1 heterocycles. The van der Waals surface area contributed by atoms with E-state index in [0.717, 1.165) is 36.3 Å². The molecule has 20 heavy (non-hydrogen) atoms. The third-order valence-electron chi connectivity index (χ3n) is 3.16. The first kappa shape index (κ1) is 14.5. The largest absolute Gasteiger partial charge is 0.439 e. The van der Waals surface area contributed by atoms with Crippen molar-refractivity contribution in [3.05, 3.63) is 53.2 Å². The van der Waals surface area contributed by atoms with Gasteiger partial charge in [0.1, 0.15) is 5.75 Å². The Labute approximate surface area is 120 Å². The maximum atomic E-state index is 9.31. The van der Waals surface area contributed by atoms with Crippen molar-refractivity contribution >= 4 is 0 Å². The molecule has 1 N–H and O–H groups in total. The van der Waals surface area contributed by atoms with Crippen LogP contribution in [0.3, 0.4) is 0 Å². The van der Waals surface area contributed by atoms with Gasteiger partial charge in [-0.2, -0.15) is 0 Å². The van der Waals surface area contributed by atoms with Crippen LogP contribution >= 0.6 is 0 Å². The highest BCUT2D eigenvalue weighted by Crippen LogP contribution is 2.22. The van der Waals surface area contributed by atoms with E-state index in [1.54, 1.807) is 6.07 Å². The third kappa shape index (κ3) is 3.81. The van der Waals surface area contributed by atoms with Gasteiger partial charge in [-0.1, -0.05) is 32.4 Å². The van der Waals surface area contributed by atoms with Crippen LogP contribution in [0.15, 0.2) is 36.4 Å². The first-order valence-corrected chi connectivity index (χ1v) is 7.12. The van der Waals surface area contributed by atoms with Crippen molar-refractivity contribution in [2.75, 3.05) is 0 Å². The Morgan fingerprint density at radius 2 is 1.80 bits per heavy atom. The molecule has 3 nitrogen and oxygen atoms in total. The van der Waals surface area contributed by atoms with Gasteiger partial charge in [0.25, 0.3) is 0 Å². The second kappa shape index (κ2) is 7.06. The molecule has 1 aromatic heterocycles. The van der Waals surface area contributed by atoms with E-state index < -0.39 is 0 Å². The van der Waals surface area contributed by atoms with Crippen LogP contribution in [-0.4, -0.2) is 10.1 Å². The summed E-state index contributed by atoms with van der Waals surface area (Å²) < 4.78 is 5.79. The number of aryl methyl sites for hydroxylation is 2. The number of nitrogens with zero attached hydrogens (tertiary/aromatic N) is 1. The molecule has 1 aromatic carbocycles. The number of aliphatic hydroxyl groups is 1. The normalized spacial score (nSPS) is 10.6. The van der Waals surface area contributed by atoms with E-state index in [9.17, 15) is 5.11 Å². The summed E-state index contributed by atoms with van der Waals surface area (Å²) in [6.45, 7) is 4.24. The SMILES string of the molecule is CCCc1cc(CO)cc(Oc2ccc(CC)cc2)n1. The molecule has 106 valence electrons. The number of pyridine rings is 1. The summed E-state index contributed by atoms with van der Waals surface area (Å²) >= 11 is 0. The average Bonchev–Trinajstić information content (AvgIpc) is 2.48. The molecule has 0 atom stereocenters. The van der Waals surface area contributed by atoms with E-state index in [4.69, 9.17) is 4.74 Å². The van der Waals surface area contributed by atoms with Crippen molar-refractivity contribution in [3.63, 3.8) is 0 Å². The lowest BCUT2D eigenvalue weighted by atomic mass is 10.1. The van der Waals surface area contributed by atoms with E-state index in [-0.39, 0.29) is 6.61 Å². The van der Waals surface area contributed by atoms with Crippen LogP contribution in [0.25, 0.3) is 0 Å². The minimum atomic E-state index is 0.00433. The Morgan fingerprint density at radius 1 is 1.05 bits per heavy atom. The standard InChI is InChI=1S/C17H21NO2/c1-3-5-15-10-14(12-19)11-17(18-15)20-16-8-6-13(4-2)7-9-16/h6-11,19H,3-5,12H2,1-2H3. The van der Waals surface area contributed by atoms with Gasteiger partial charge in [-0.15, -0.1) is 0 Å². The maximum Gasteiger partial charge on any atom is 0.219 e. The highest BCUT2D eigenvalue weighted by atomic mass is 16.5. The molecule has 2 aromatic rings. The lowest BCUT2D eigenvalue weighted by molar-refractivity contribution is 0.280. The lowest BCUT2D eigenvalue weighted by Crippen LogP contribution is -1.97. The van der Waals surface area contributed by atoms with Gasteiger partial charge in [0, 0.05) is 11.8 Å². The highest BCUT2D eigenvalue weighted by molar-refractivity contribution is 5.32. The quantitative estimate of drug-likeness (QED) is 0.867. The van der Waals surface area contributed by atoms with Crippen LogP contribution in [0.4, 0.5) is 0 Å². The van der Waals surface area contributed by atoms with Crippen LogP contribution in [-0.2, 0) is 19.4 Å². The summed E-state index contributed by atoms with van der Waals surface area (Å²) in [6, 6.07) is 11.7. The number of hydrogen-bond acceptors (Lipinski definition) is 3. The van der Waals surface area contributed by atoms with E-state index >= 15 is 0 Å². The van der Waals surface area contributed by atoms with E-state index in [1.807, 2.05) is 18.2 Å². The topological polar surface area (TPSA) is 42.4 Å². The average molecular weight is 271 g/mol. The fraction of sp³-hybridized carbons (Fsp3) is 0.353. The Bertz CT molecular complexity index is 549. The van der Waals surface area contributed by atoms with E-state index in [2.05, 4.69) is 31.0 Å². The predicted molar refractivity (Wildman–Crippen MR) is 80.0 cm³/mol. The minimum absolute atomic E-state index is 0.00433. The molecule has 0 spiro atoms. The van der Waals surface area contributed by atoms with Crippen LogP contribution in [0.2, 0.25) is 0 Å². The maximum absolute atomic E-state index is 9.31. The second-order valence-electron chi connectivity index (χ2n) is 4.81. The summed E-state index contributed by atoms with van der Waals surface area (Å²) in [5.41, 5.74) is 3.07.